The number of nitrogens with zero attached hydrogens (tertiary/aromatic N) is 2. The lowest BCUT2D eigenvalue weighted by Gasteiger charge is -2.14. The summed E-state index contributed by atoms with van der Waals surface area (Å²) in [6, 6.07) is 4.29. The van der Waals surface area contributed by atoms with Crippen molar-refractivity contribution in [3.8, 4) is 5.75 Å². The number of halogens is 1. The Bertz CT molecular complexity index is 437. The van der Waals surface area contributed by atoms with Crippen LogP contribution in [0.15, 0.2) is 18.2 Å². The monoisotopic (exact) mass is 260 g/mol. The summed E-state index contributed by atoms with van der Waals surface area (Å²) in [6.07, 6.45) is 0. The lowest BCUT2D eigenvalue weighted by atomic mass is 10.3. The lowest BCUT2D eigenvalue weighted by molar-refractivity contribution is -0.385. The van der Waals surface area contributed by atoms with Gasteiger partial charge in [-0.1, -0.05) is 17.7 Å². The zero-order valence-corrected chi connectivity index (χ0v) is 10.2. The third-order valence-electron chi connectivity index (χ3n) is 1.70. The van der Waals surface area contributed by atoms with E-state index in [0.717, 1.165) is 0 Å². The van der Waals surface area contributed by atoms with Gasteiger partial charge in [0.2, 0.25) is 5.75 Å². The van der Waals surface area contributed by atoms with E-state index in [4.69, 9.17) is 28.6 Å². The van der Waals surface area contributed by atoms with Gasteiger partial charge in [-0.3, -0.25) is 10.1 Å². The Morgan fingerprint density at radius 3 is 2.69 bits per heavy atom. The van der Waals surface area contributed by atoms with Gasteiger partial charge in [0.1, 0.15) is 0 Å². The minimum Gasteiger partial charge on any atom is -0.423 e. The van der Waals surface area contributed by atoms with Crippen molar-refractivity contribution in [3.05, 3.63) is 33.3 Å². The van der Waals surface area contributed by atoms with Gasteiger partial charge in [-0.25, -0.2) is 0 Å². The highest BCUT2D eigenvalue weighted by molar-refractivity contribution is 7.80. The van der Waals surface area contributed by atoms with E-state index in [9.17, 15) is 10.1 Å². The molecule has 0 bridgehead atoms. The average Bonchev–Trinajstić information content (AvgIpc) is 2.20. The van der Waals surface area contributed by atoms with Crippen LogP contribution in [0.2, 0.25) is 5.02 Å². The van der Waals surface area contributed by atoms with Gasteiger partial charge >= 0.3 is 5.69 Å². The summed E-state index contributed by atoms with van der Waals surface area (Å²) in [4.78, 5) is 11.7. The molecule has 0 saturated carbocycles. The van der Waals surface area contributed by atoms with E-state index in [1.54, 1.807) is 14.1 Å². The first kappa shape index (κ1) is 12.7. The van der Waals surface area contributed by atoms with Crippen LogP contribution in [-0.4, -0.2) is 29.1 Å². The van der Waals surface area contributed by atoms with Crippen molar-refractivity contribution < 1.29 is 9.66 Å². The second-order valence-corrected chi connectivity index (χ2v) is 3.86. The van der Waals surface area contributed by atoms with Crippen molar-refractivity contribution in [2.24, 2.45) is 0 Å². The van der Waals surface area contributed by atoms with Crippen LogP contribution in [0.1, 0.15) is 0 Å². The molecule has 0 amide bonds. The number of nitro groups is 1. The molecule has 1 rings (SSSR count). The number of nitro benzene ring substituents is 1. The van der Waals surface area contributed by atoms with Crippen molar-refractivity contribution in [2.75, 3.05) is 14.1 Å². The molecule has 1 aromatic rings. The highest BCUT2D eigenvalue weighted by atomic mass is 35.5. The molecule has 5 nitrogen and oxygen atoms in total. The standard InChI is InChI=1S/C9H9ClN2O3S/c1-11(2)9(16)15-8-6(10)4-3-5-7(8)12(13)14/h3-5H,1-2H3. The van der Waals surface area contributed by atoms with E-state index in [1.165, 1.54) is 23.1 Å². The molecular formula is C9H9ClN2O3S. The summed E-state index contributed by atoms with van der Waals surface area (Å²) in [7, 11) is 3.34. The third kappa shape index (κ3) is 2.80. The molecule has 0 radical (unpaired) electrons. The fourth-order valence-corrected chi connectivity index (χ4v) is 1.21. The van der Waals surface area contributed by atoms with E-state index < -0.39 is 4.92 Å². The second kappa shape index (κ2) is 5.09. The summed E-state index contributed by atoms with van der Waals surface area (Å²) in [5.41, 5.74) is -0.211. The summed E-state index contributed by atoms with van der Waals surface area (Å²) in [5.74, 6) is -0.0344. The highest BCUT2D eigenvalue weighted by Crippen LogP contribution is 2.34. The van der Waals surface area contributed by atoms with Gasteiger partial charge in [-0.05, 0) is 18.3 Å². The smallest absolute Gasteiger partial charge is 0.313 e. The van der Waals surface area contributed by atoms with E-state index in [2.05, 4.69) is 0 Å². The number of para-hydroxylation sites is 1. The largest absolute Gasteiger partial charge is 0.423 e. The highest BCUT2D eigenvalue weighted by Gasteiger charge is 2.20. The molecule has 86 valence electrons. The van der Waals surface area contributed by atoms with Crippen LogP contribution in [0.5, 0.6) is 5.75 Å². The molecule has 0 unspecified atom stereocenters. The first-order valence-corrected chi connectivity index (χ1v) is 5.04. The van der Waals surface area contributed by atoms with Crippen molar-refractivity contribution in [3.63, 3.8) is 0 Å². The number of hydrogen-bond acceptors (Lipinski definition) is 4. The van der Waals surface area contributed by atoms with Crippen LogP contribution in [0.3, 0.4) is 0 Å². The van der Waals surface area contributed by atoms with Crippen LogP contribution < -0.4 is 4.74 Å². The van der Waals surface area contributed by atoms with E-state index in [-0.39, 0.29) is 21.6 Å². The van der Waals surface area contributed by atoms with Gasteiger partial charge in [0.25, 0.3) is 5.17 Å². The predicted molar refractivity (Wildman–Crippen MR) is 65.0 cm³/mol. The molecule has 0 saturated heterocycles. The molecule has 0 aromatic heterocycles. The zero-order valence-electron chi connectivity index (χ0n) is 8.64. The van der Waals surface area contributed by atoms with Crippen LogP contribution in [0.4, 0.5) is 5.69 Å². The number of thiocarbonyl (C=S) groups is 1. The number of ether oxygens (including phenoxy) is 1. The molecule has 0 N–H and O–H groups in total. The maximum atomic E-state index is 10.7. The van der Waals surface area contributed by atoms with Crippen LogP contribution >= 0.6 is 23.8 Å². The number of hydrogen-bond donors (Lipinski definition) is 0. The zero-order chi connectivity index (χ0) is 12.3. The molecule has 1 aromatic carbocycles. The van der Waals surface area contributed by atoms with Crippen LogP contribution in [0, 0.1) is 10.1 Å². The van der Waals surface area contributed by atoms with Gasteiger partial charge in [0.15, 0.2) is 0 Å². The van der Waals surface area contributed by atoms with Gasteiger partial charge in [0.05, 0.1) is 9.95 Å². The minimum atomic E-state index is -0.570. The molecule has 0 aliphatic carbocycles. The molecule has 0 aliphatic heterocycles. The Morgan fingerprint density at radius 2 is 2.19 bits per heavy atom. The quantitative estimate of drug-likeness (QED) is 0.464. The summed E-state index contributed by atoms with van der Waals surface area (Å²) < 4.78 is 5.18. The van der Waals surface area contributed by atoms with E-state index in [1.807, 2.05) is 0 Å². The lowest BCUT2D eigenvalue weighted by Crippen LogP contribution is -2.25. The van der Waals surface area contributed by atoms with Gasteiger partial charge in [-0.2, -0.15) is 0 Å². The normalized spacial score (nSPS) is 9.69. The molecule has 7 heteroatoms. The summed E-state index contributed by atoms with van der Waals surface area (Å²) in [6.45, 7) is 0. The summed E-state index contributed by atoms with van der Waals surface area (Å²) >= 11 is 10.7. The van der Waals surface area contributed by atoms with E-state index >= 15 is 0 Å². The first-order chi connectivity index (χ1) is 7.43. The topological polar surface area (TPSA) is 55.6 Å². The van der Waals surface area contributed by atoms with Gasteiger partial charge in [-0.15, -0.1) is 0 Å². The molecule has 0 fully saturated rings. The number of rotatable bonds is 2. The first-order valence-electron chi connectivity index (χ1n) is 4.25. The number of benzene rings is 1. The van der Waals surface area contributed by atoms with Gasteiger partial charge in [0, 0.05) is 20.2 Å². The molecule has 0 aliphatic rings. The molecule has 0 atom stereocenters. The van der Waals surface area contributed by atoms with Crippen LogP contribution in [-0.2, 0) is 0 Å². The molecule has 16 heavy (non-hydrogen) atoms. The third-order valence-corrected chi connectivity index (χ3v) is 2.44. The molecule has 0 spiro atoms. The van der Waals surface area contributed by atoms with E-state index in [0.29, 0.717) is 0 Å². The Kier molecular flexibility index (Phi) is 4.03. The Labute approximate surface area is 103 Å². The van der Waals surface area contributed by atoms with Crippen molar-refractivity contribution in [2.45, 2.75) is 0 Å². The fraction of sp³-hybridized carbons (Fsp3) is 0.222. The van der Waals surface area contributed by atoms with Crippen molar-refractivity contribution in [1.82, 2.24) is 4.90 Å². The SMILES string of the molecule is CN(C)C(=S)Oc1c(Cl)cccc1[N+](=O)[O-]. The predicted octanol–water partition coefficient (Wildman–Crippen LogP) is 2.47. The maximum absolute atomic E-state index is 10.7. The Balaban J connectivity index is 3.11. The van der Waals surface area contributed by atoms with Crippen molar-refractivity contribution in [1.29, 1.82) is 0 Å². The Morgan fingerprint density at radius 1 is 1.56 bits per heavy atom. The molecular weight excluding hydrogens is 252 g/mol. The average molecular weight is 261 g/mol. The van der Waals surface area contributed by atoms with Gasteiger partial charge < -0.3 is 9.64 Å². The minimum absolute atomic E-state index is 0.0344. The molecule has 0 heterocycles. The fourth-order valence-electron chi connectivity index (χ4n) is 0.921. The van der Waals surface area contributed by atoms with Crippen molar-refractivity contribution >= 4 is 34.7 Å². The Hall–Kier alpha value is -1.40. The maximum Gasteiger partial charge on any atom is 0.313 e. The summed E-state index contributed by atoms with van der Waals surface area (Å²) in [5, 5.41) is 11.0. The van der Waals surface area contributed by atoms with Crippen LogP contribution in [0.25, 0.3) is 0 Å². The second-order valence-electron chi connectivity index (χ2n) is 3.11.